The van der Waals surface area contributed by atoms with Gasteiger partial charge >= 0.3 is 0 Å². The molecule has 0 N–H and O–H groups in total. The standard InChI is InChI=1S/C14H17ClF2O/c1-18-10-7-12(16)14(13(17)8-10)11(15)6-9-4-2-3-5-9/h7-9,11H,2-6H2,1H3. The third kappa shape index (κ3) is 2.94. The van der Waals surface area contributed by atoms with E-state index in [9.17, 15) is 8.78 Å². The van der Waals surface area contributed by atoms with Gasteiger partial charge in [0.05, 0.1) is 12.5 Å². The van der Waals surface area contributed by atoms with Gasteiger partial charge in [-0.3, -0.25) is 0 Å². The highest BCUT2D eigenvalue weighted by atomic mass is 35.5. The van der Waals surface area contributed by atoms with Crippen LogP contribution in [-0.2, 0) is 0 Å². The minimum Gasteiger partial charge on any atom is -0.497 e. The SMILES string of the molecule is COc1cc(F)c(C(Cl)CC2CCCC2)c(F)c1. The summed E-state index contributed by atoms with van der Waals surface area (Å²) >= 11 is 6.17. The van der Waals surface area contributed by atoms with Crippen LogP contribution >= 0.6 is 11.6 Å². The first kappa shape index (κ1) is 13.6. The smallest absolute Gasteiger partial charge is 0.134 e. The molecule has 0 heterocycles. The summed E-state index contributed by atoms with van der Waals surface area (Å²) in [5, 5.41) is -0.598. The van der Waals surface area contributed by atoms with E-state index in [1.807, 2.05) is 0 Å². The molecule has 0 saturated heterocycles. The highest BCUT2D eigenvalue weighted by Crippen LogP contribution is 2.38. The van der Waals surface area contributed by atoms with Gasteiger partial charge < -0.3 is 4.74 Å². The Hall–Kier alpha value is -0.830. The molecular weight excluding hydrogens is 258 g/mol. The van der Waals surface area contributed by atoms with Crippen molar-refractivity contribution in [3.63, 3.8) is 0 Å². The lowest BCUT2D eigenvalue weighted by Gasteiger charge is -2.16. The van der Waals surface area contributed by atoms with E-state index in [0.717, 1.165) is 12.8 Å². The summed E-state index contributed by atoms with van der Waals surface area (Å²) in [5.41, 5.74) is -0.0237. The Morgan fingerprint density at radius 2 is 1.83 bits per heavy atom. The van der Waals surface area contributed by atoms with Crippen molar-refractivity contribution in [1.29, 1.82) is 0 Å². The maximum Gasteiger partial charge on any atom is 0.134 e. The van der Waals surface area contributed by atoms with Crippen LogP contribution in [-0.4, -0.2) is 7.11 Å². The lowest BCUT2D eigenvalue weighted by molar-refractivity contribution is 0.403. The Kier molecular flexibility index (Phi) is 4.44. The monoisotopic (exact) mass is 274 g/mol. The maximum absolute atomic E-state index is 13.8. The molecule has 0 amide bonds. The summed E-state index contributed by atoms with van der Waals surface area (Å²) < 4.78 is 32.5. The van der Waals surface area contributed by atoms with Crippen molar-refractivity contribution in [3.05, 3.63) is 29.3 Å². The largest absolute Gasteiger partial charge is 0.497 e. The molecule has 1 aliphatic carbocycles. The summed E-state index contributed by atoms with van der Waals surface area (Å²) in [5.74, 6) is -0.568. The molecule has 1 aromatic rings. The third-order valence-corrected chi connectivity index (χ3v) is 4.01. The molecule has 0 radical (unpaired) electrons. The first-order chi connectivity index (χ1) is 8.61. The van der Waals surface area contributed by atoms with Crippen molar-refractivity contribution >= 4 is 11.6 Å². The molecule has 1 unspecified atom stereocenters. The van der Waals surface area contributed by atoms with E-state index in [1.165, 1.54) is 32.1 Å². The Morgan fingerprint density at radius 1 is 1.28 bits per heavy atom. The van der Waals surface area contributed by atoms with Crippen molar-refractivity contribution in [2.45, 2.75) is 37.5 Å². The fraction of sp³-hybridized carbons (Fsp3) is 0.571. The zero-order chi connectivity index (χ0) is 13.1. The number of rotatable bonds is 4. The lowest BCUT2D eigenvalue weighted by atomic mass is 9.97. The molecule has 1 nitrogen and oxygen atoms in total. The second kappa shape index (κ2) is 5.87. The van der Waals surface area contributed by atoms with Gasteiger partial charge in [-0.05, 0) is 12.3 Å². The number of methoxy groups -OCH3 is 1. The van der Waals surface area contributed by atoms with Crippen LogP contribution in [0.1, 0.15) is 43.0 Å². The van der Waals surface area contributed by atoms with Crippen LogP contribution in [0.5, 0.6) is 5.75 Å². The second-order valence-electron chi connectivity index (χ2n) is 4.86. The van der Waals surface area contributed by atoms with Gasteiger partial charge in [-0.25, -0.2) is 8.78 Å². The lowest BCUT2D eigenvalue weighted by Crippen LogP contribution is -2.05. The zero-order valence-electron chi connectivity index (χ0n) is 10.4. The van der Waals surface area contributed by atoms with Crippen LogP contribution < -0.4 is 4.74 Å². The van der Waals surface area contributed by atoms with E-state index in [2.05, 4.69) is 0 Å². The molecule has 1 saturated carbocycles. The number of ether oxygens (including phenoxy) is 1. The molecule has 0 bridgehead atoms. The van der Waals surface area contributed by atoms with Gasteiger partial charge in [-0.1, -0.05) is 25.7 Å². The predicted octanol–water partition coefficient (Wildman–Crippen LogP) is 4.83. The first-order valence-electron chi connectivity index (χ1n) is 6.28. The molecule has 0 aliphatic heterocycles. The highest BCUT2D eigenvalue weighted by molar-refractivity contribution is 6.20. The summed E-state index contributed by atoms with van der Waals surface area (Å²) in [6.45, 7) is 0. The fourth-order valence-electron chi connectivity index (χ4n) is 2.63. The highest BCUT2D eigenvalue weighted by Gasteiger charge is 2.24. The normalized spacial score (nSPS) is 18.0. The Bertz CT molecular complexity index is 393. The molecule has 2 rings (SSSR count). The van der Waals surface area contributed by atoms with Crippen molar-refractivity contribution in [2.24, 2.45) is 5.92 Å². The van der Waals surface area contributed by atoms with Crippen LogP contribution in [0.3, 0.4) is 0 Å². The number of benzene rings is 1. The summed E-state index contributed by atoms with van der Waals surface area (Å²) in [6.07, 6.45) is 5.26. The van der Waals surface area contributed by atoms with E-state index in [4.69, 9.17) is 16.3 Å². The van der Waals surface area contributed by atoms with Gasteiger partial charge in [0.25, 0.3) is 0 Å². The van der Waals surface area contributed by atoms with Crippen LogP contribution in [0.4, 0.5) is 8.78 Å². The Labute approximate surface area is 111 Å². The first-order valence-corrected chi connectivity index (χ1v) is 6.72. The van der Waals surface area contributed by atoms with Crippen molar-refractivity contribution < 1.29 is 13.5 Å². The molecule has 0 spiro atoms. The minimum atomic E-state index is -0.621. The third-order valence-electron chi connectivity index (χ3n) is 3.62. The van der Waals surface area contributed by atoms with Gasteiger partial charge in [0.2, 0.25) is 0 Å². The van der Waals surface area contributed by atoms with E-state index >= 15 is 0 Å². The van der Waals surface area contributed by atoms with E-state index in [0.29, 0.717) is 12.3 Å². The quantitative estimate of drug-likeness (QED) is 0.714. The number of halogens is 3. The Morgan fingerprint density at radius 3 is 2.33 bits per heavy atom. The van der Waals surface area contributed by atoms with E-state index < -0.39 is 17.0 Å². The molecule has 4 heteroatoms. The van der Waals surface area contributed by atoms with Crippen LogP contribution in [0.15, 0.2) is 12.1 Å². The number of hydrogen-bond acceptors (Lipinski definition) is 1. The average molecular weight is 275 g/mol. The van der Waals surface area contributed by atoms with Gasteiger partial charge in [-0.15, -0.1) is 11.6 Å². The van der Waals surface area contributed by atoms with Gasteiger partial charge in [0.1, 0.15) is 17.4 Å². The van der Waals surface area contributed by atoms with Crippen molar-refractivity contribution in [1.82, 2.24) is 0 Å². The van der Waals surface area contributed by atoms with Crippen LogP contribution in [0.2, 0.25) is 0 Å². The van der Waals surface area contributed by atoms with Crippen LogP contribution in [0, 0.1) is 17.6 Å². The van der Waals surface area contributed by atoms with Gasteiger partial charge in [0, 0.05) is 17.7 Å². The van der Waals surface area contributed by atoms with E-state index in [-0.39, 0.29) is 11.3 Å². The number of hydrogen-bond donors (Lipinski definition) is 0. The van der Waals surface area contributed by atoms with Crippen LogP contribution in [0.25, 0.3) is 0 Å². The minimum absolute atomic E-state index is 0.0237. The summed E-state index contributed by atoms with van der Waals surface area (Å²) in [4.78, 5) is 0. The van der Waals surface area contributed by atoms with Crippen molar-refractivity contribution in [2.75, 3.05) is 7.11 Å². The zero-order valence-corrected chi connectivity index (χ0v) is 11.1. The van der Waals surface area contributed by atoms with E-state index in [1.54, 1.807) is 0 Å². The summed E-state index contributed by atoms with van der Waals surface area (Å²) in [7, 11) is 1.38. The molecule has 1 aliphatic rings. The molecule has 1 atom stereocenters. The van der Waals surface area contributed by atoms with Gasteiger partial charge in [-0.2, -0.15) is 0 Å². The molecule has 100 valence electrons. The second-order valence-corrected chi connectivity index (χ2v) is 5.39. The van der Waals surface area contributed by atoms with Crippen molar-refractivity contribution in [3.8, 4) is 5.75 Å². The van der Waals surface area contributed by atoms with Gasteiger partial charge in [0.15, 0.2) is 0 Å². The molecule has 18 heavy (non-hydrogen) atoms. The molecular formula is C14H17ClF2O. The molecule has 1 aromatic carbocycles. The number of alkyl halides is 1. The molecule has 0 aromatic heterocycles. The maximum atomic E-state index is 13.8. The topological polar surface area (TPSA) is 9.23 Å². The predicted molar refractivity (Wildman–Crippen MR) is 68.1 cm³/mol. The fourth-order valence-corrected chi connectivity index (χ4v) is 3.10. The summed E-state index contributed by atoms with van der Waals surface area (Å²) in [6, 6.07) is 2.37. The Balaban J connectivity index is 2.15. The average Bonchev–Trinajstić information content (AvgIpc) is 2.80. The molecule has 1 fully saturated rings.